The van der Waals surface area contributed by atoms with Gasteiger partial charge in [-0.15, -0.1) is 0 Å². The molecule has 4 heterocycles. The third-order valence-electron chi connectivity index (χ3n) is 11.0. The van der Waals surface area contributed by atoms with E-state index in [1.807, 2.05) is 72.8 Å². The monoisotopic (exact) mass is 731 g/mol. The van der Waals surface area contributed by atoms with Crippen LogP contribution in [0, 0.1) is 0 Å². The van der Waals surface area contributed by atoms with Crippen LogP contribution in [0.4, 0.5) is 0 Å². The summed E-state index contributed by atoms with van der Waals surface area (Å²) >= 11 is 0. The molecule has 0 saturated carbocycles. The van der Waals surface area contributed by atoms with E-state index in [1.165, 1.54) is 0 Å². The quantitative estimate of drug-likeness (QED) is 0.175. The number of hydrogen-bond acceptors (Lipinski definition) is 6. The van der Waals surface area contributed by atoms with Gasteiger partial charge in [-0.2, -0.15) is 0 Å². The van der Waals surface area contributed by atoms with Crippen molar-refractivity contribution in [1.82, 2.24) is 15.0 Å². The van der Waals surface area contributed by atoms with E-state index in [0.717, 1.165) is 105 Å². The Hall–Kier alpha value is -7.83. The summed E-state index contributed by atoms with van der Waals surface area (Å²) in [6.45, 7) is 0. The van der Waals surface area contributed by atoms with E-state index >= 15 is 0 Å². The van der Waals surface area contributed by atoms with E-state index in [4.69, 9.17) is 28.2 Å². The first-order chi connectivity index (χ1) is 28.2. The number of nitrogens with zero attached hydrogens (tertiary/aromatic N) is 3. The summed E-state index contributed by atoms with van der Waals surface area (Å²) < 4.78 is 18.9. The molecule has 0 radical (unpaired) electrons. The summed E-state index contributed by atoms with van der Waals surface area (Å²) in [5, 5.41) is 6.42. The van der Waals surface area contributed by atoms with E-state index in [9.17, 15) is 0 Å². The molecule has 0 aliphatic heterocycles. The Labute approximate surface area is 325 Å². The average Bonchev–Trinajstić information content (AvgIpc) is 3.97. The Kier molecular flexibility index (Phi) is 6.83. The molecule has 8 aromatic carbocycles. The molecule has 6 nitrogen and oxygen atoms in total. The SMILES string of the molecule is c1ccc(-c2ccc3oc4cc(-c5nc(-c6ccc(-c7cccc8oc9ccccc9c78)cc6)nc(-c6ccc7c(c6)oc6ccccc67)n5)ccc4c3c2)cc1. The molecule has 0 fully saturated rings. The van der Waals surface area contributed by atoms with Gasteiger partial charge in [-0.25, -0.2) is 15.0 Å². The summed E-state index contributed by atoms with van der Waals surface area (Å²) in [6, 6.07) is 60.0. The number of aromatic nitrogens is 3. The molecule has 12 rings (SSSR count). The molecule has 6 heteroatoms. The second-order valence-electron chi connectivity index (χ2n) is 14.4. The Bertz CT molecular complexity index is 3520. The number of furan rings is 3. The minimum Gasteiger partial charge on any atom is -0.456 e. The molecule has 0 unspecified atom stereocenters. The summed E-state index contributed by atoms with van der Waals surface area (Å²) in [5.41, 5.74) is 12.0. The Morgan fingerprint density at radius 3 is 1.47 bits per heavy atom. The largest absolute Gasteiger partial charge is 0.456 e. The lowest BCUT2D eigenvalue weighted by molar-refractivity contribution is 0.668. The highest BCUT2D eigenvalue weighted by atomic mass is 16.3. The predicted molar refractivity (Wildman–Crippen MR) is 229 cm³/mol. The fourth-order valence-corrected chi connectivity index (χ4v) is 8.17. The van der Waals surface area contributed by atoms with Crippen molar-refractivity contribution in [3.05, 3.63) is 176 Å². The smallest absolute Gasteiger partial charge is 0.164 e. The van der Waals surface area contributed by atoms with Crippen LogP contribution in [-0.4, -0.2) is 15.0 Å². The maximum Gasteiger partial charge on any atom is 0.164 e. The number of hydrogen-bond donors (Lipinski definition) is 0. The molecule has 266 valence electrons. The average molecular weight is 732 g/mol. The third-order valence-corrected chi connectivity index (χ3v) is 11.0. The number of para-hydroxylation sites is 2. The van der Waals surface area contributed by atoms with Crippen molar-refractivity contribution in [3.63, 3.8) is 0 Å². The molecular weight excluding hydrogens is 703 g/mol. The molecule has 0 saturated heterocycles. The van der Waals surface area contributed by atoms with Crippen molar-refractivity contribution in [2.75, 3.05) is 0 Å². The van der Waals surface area contributed by atoms with Gasteiger partial charge in [-0.1, -0.05) is 121 Å². The maximum atomic E-state index is 6.43. The topological polar surface area (TPSA) is 78.1 Å². The summed E-state index contributed by atoms with van der Waals surface area (Å²) in [6.07, 6.45) is 0. The van der Waals surface area contributed by atoms with Gasteiger partial charge in [0.25, 0.3) is 0 Å². The Morgan fingerprint density at radius 1 is 0.263 bits per heavy atom. The van der Waals surface area contributed by atoms with Crippen LogP contribution in [0.5, 0.6) is 0 Å². The highest BCUT2D eigenvalue weighted by molar-refractivity contribution is 6.12. The molecule has 4 aromatic heterocycles. The minimum atomic E-state index is 0.547. The fourth-order valence-electron chi connectivity index (χ4n) is 8.17. The van der Waals surface area contributed by atoms with Crippen LogP contribution in [0.3, 0.4) is 0 Å². The molecule has 12 aromatic rings. The van der Waals surface area contributed by atoms with Gasteiger partial charge in [-0.3, -0.25) is 0 Å². The maximum absolute atomic E-state index is 6.43. The summed E-state index contributed by atoms with van der Waals surface area (Å²) in [4.78, 5) is 15.3. The third kappa shape index (κ3) is 5.15. The first kappa shape index (κ1) is 31.5. The molecule has 0 N–H and O–H groups in total. The van der Waals surface area contributed by atoms with E-state index < -0.39 is 0 Å². The van der Waals surface area contributed by atoms with Gasteiger partial charge >= 0.3 is 0 Å². The van der Waals surface area contributed by atoms with Crippen LogP contribution in [-0.2, 0) is 0 Å². The molecular formula is C51H29N3O3. The van der Waals surface area contributed by atoms with Crippen LogP contribution >= 0.6 is 0 Å². The zero-order valence-corrected chi connectivity index (χ0v) is 30.3. The molecule has 0 atom stereocenters. The molecule has 0 amide bonds. The Morgan fingerprint density at radius 2 is 0.754 bits per heavy atom. The van der Waals surface area contributed by atoms with E-state index in [0.29, 0.717) is 17.5 Å². The number of rotatable bonds is 5. The predicted octanol–water partition coefficient (Wildman–Crippen LogP) is 13.9. The van der Waals surface area contributed by atoms with Gasteiger partial charge in [0, 0.05) is 49.0 Å². The lowest BCUT2D eigenvalue weighted by Gasteiger charge is -2.10. The van der Waals surface area contributed by atoms with Crippen LogP contribution in [0.2, 0.25) is 0 Å². The van der Waals surface area contributed by atoms with Crippen molar-refractivity contribution >= 4 is 65.8 Å². The van der Waals surface area contributed by atoms with E-state index in [1.54, 1.807) is 0 Å². The molecule has 0 bridgehead atoms. The highest BCUT2D eigenvalue weighted by Crippen LogP contribution is 2.39. The second kappa shape index (κ2) is 12.3. The Balaban J connectivity index is 0.992. The van der Waals surface area contributed by atoms with Gasteiger partial charge in [-0.05, 0) is 76.9 Å². The fraction of sp³-hybridized carbons (Fsp3) is 0. The zero-order chi connectivity index (χ0) is 37.5. The van der Waals surface area contributed by atoms with Crippen LogP contribution in [0.25, 0.3) is 122 Å². The van der Waals surface area contributed by atoms with Crippen molar-refractivity contribution in [2.24, 2.45) is 0 Å². The summed E-state index contributed by atoms with van der Waals surface area (Å²) in [7, 11) is 0. The summed E-state index contributed by atoms with van der Waals surface area (Å²) in [5.74, 6) is 1.66. The molecule has 57 heavy (non-hydrogen) atoms. The van der Waals surface area contributed by atoms with E-state index in [-0.39, 0.29) is 0 Å². The van der Waals surface area contributed by atoms with Crippen molar-refractivity contribution in [3.8, 4) is 56.4 Å². The van der Waals surface area contributed by atoms with Crippen LogP contribution in [0.15, 0.2) is 189 Å². The lowest BCUT2D eigenvalue weighted by atomic mass is 9.98. The highest BCUT2D eigenvalue weighted by Gasteiger charge is 2.18. The first-order valence-corrected chi connectivity index (χ1v) is 18.9. The molecule has 0 aliphatic rings. The van der Waals surface area contributed by atoms with Crippen molar-refractivity contribution in [2.45, 2.75) is 0 Å². The standard InChI is InChI=1S/C51H29N3O3/c1-2-9-30(10-3-1)33-23-26-44-41(27-33)39-25-22-35(29-47(39)57-44)51-53-49(52-50(54-51)34-21-24-38-37-11-4-6-14-42(37)56-46(38)28-34)32-19-17-31(18-20-32)36-13-8-16-45-48(36)40-12-5-7-15-43(40)55-45/h1-29H. The molecule has 0 spiro atoms. The number of benzene rings is 8. The normalized spacial score (nSPS) is 11.9. The van der Waals surface area contributed by atoms with Gasteiger partial charge in [0.1, 0.15) is 33.5 Å². The van der Waals surface area contributed by atoms with Crippen molar-refractivity contribution in [1.29, 1.82) is 0 Å². The van der Waals surface area contributed by atoms with Gasteiger partial charge < -0.3 is 13.3 Å². The lowest BCUT2D eigenvalue weighted by Crippen LogP contribution is -2.00. The van der Waals surface area contributed by atoms with E-state index in [2.05, 4.69) is 103 Å². The van der Waals surface area contributed by atoms with Gasteiger partial charge in [0.2, 0.25) is 0 Å². The second-order valence-corrected chi connectivity index (χ2v) is 14.4. The molecule has 0 aliphatic carbocycles. The van der Waals surface area contributed by atoms with Crippen LogP contribution in [0.1, 0.15) is 0 Å². The number of fused-ring (bicyclic) bond motifs is 9. The van der Waals surface area contributed by atoms with Crippen molar-refractivity contribution < 1.29 is 13.3 Å². The first-order valence-electron chi connectivity index (χ1n) is 18.9. The van der Waals surface area contributed by atoms with Gasteiger partial charge in [0.05, 0.1) is 0 Å². The zero-order valence-electron chi connectivity index (χ0n) is 30.3. The minimum absolute atomic E-state index is 0.547. The van der Waals surface area contributed by atoms with Crippen LogP contribution < -0.4 is 0 Å². The van der Waals surface area contributed by atoms with Gasteiger partial charge in [0.15, 0.2) is 17.5 Å².